The molecule has 4 heteroatoms. The van der Waals surface area contributed by atoms with E-state index in [1.807, 2.05) is 0 Å². The van der Waals surface area contributed by atoms with Crippen molar-refractivity contribution in [3.8, 4) is 12.3 Å². The average molecular weight is 263 g/mol. The van der Waals surface area contributed by atoms with E-state index in [2.05, 4.69) is 28.1 Å². The van der Waals surface area contributed by atoms with Gasteiger partial charge in [-0.3, -0.25) is 0 Å². The highest BCUT2D eigenvalue weighted by Crippen LogP contribution is 2.30. The lowest BCUT2D eigenvalue weighted by Gasteiger charge is -2.34. The molecule has 0 aromatic rings. The van der Waals surface area contributed by atoms with Gasteiger partial charge in [0, 0.05) is 26.2 Å². The van der Waals surface area contributed by atoms with Gasteiger partial charge in [-0.25, -0.2) is 4.99 Å². The topological polar surface area (TPSA) is 36.9 Å². The van der Waals surface area contributed by atoms with Gasteiger partial charge in [-0.15, -0.1) is 6.42 Å². The summed E-state index contributed by atoms with van der Waals surface area (Å²) in [6.45, 7) is 6.38. The van der Waals surface area contributed by atoms with Crippen LogP contribution in [-0.2, 0) is 4.74 Å². The normalized spacial score (nSPS) is 21.3. The molecule has 0 unspecified atom stereocenters. The van der Waals surface area contributed by atoms with Gasteiger partial charge in [-0.1, -0.05) is 5.92 Å². The lowest BCUT2D eigenvalue weighted by molar-refractivity contribution is 0.0131. The summed E-state index contributed by atoms with van der Waals surface area (Å²) < 4.78 is 5.96. The molecule has 106 valence electrons. The second-order valence-corrected chi connectivity index (χ2v) is 5.34. The molecule has 0 atom stereocenters. The summed E-state index contributed by atoms with van der Waals surface area (Å²) in [4.78, 5) is 6.71. The Morgan fingerprint density at radius 1 is 1.37 bits per heavy atom. The first-order valence-corrected chi connectivity index (χ1v) is 7.41. The first-order valence-electron chi connectivity index (χ1n) is 7.41. The van der Waals surface area contributed by atoms with E-state index >= 15 is 0 Å². The summed E-state index contributed by atoms with van der Waals surface area (Å²) in [5.41, 5.74) is 0. The number of guanidine groups is 1. The zero-order valence-corrected chi connectivity index (χ0v) is 11.9. The molecule has 0 bridgehead atoms. The predicted molar refractivity (Wildman–Crippen MR) is 78.1 cm³/mol. The van der Waals surface area contributed by atoms with Crippen molar-refractivity contribution >= 4 is 5.96 Å². The molecule has 1 aliphatic carbocycles. The molecule has 0 aromatic heterocycles. The summed E-state index contributed by atoms with van der Waals surface area (Å²) in [6, 6.07) is 0. The molecule has 1 N–H and O–H groups in total. The molecule has 0 radical (unpaired) electrons. The molecule has 0 aromatic carbocycles. The lowest BCUT2D eigenvalue weighted by atomic mass is 10.1. The van der Waals surface area contributed by atoms with Crippen molar-refractivity contribution in [2.24, 2.45) is 10.9 Å². The van der Waals surface area contributed by atoms with Gasteiger partial charge < -0.3 is 15.0 Å². The predicted octanol–water partition coefficient (Wildman–Crippen LogP) is 1.48. The fourth-order valence-electron chi connectivity index (χ4n) is 2.34. The SMILES string of the molecule is C#CCN=C(NCC)N1CCC(OCC2CC2)CC1. The Morgan fingerprint density at radius 2 is 2.11 bits per heavy atom. The molecule has 1 heterocycles. The fraction of sp³-hybridized carbons (Fsp3) is 0.800. The van der Waals surface area contributed by atoms with E-state index in [1.165, 1.54) is 12.8 Å². The third-order valence-electron chi connectivity index (χ3n) is 3.66. The second kappa shape index (κ2) is 7.40. The van der Waals surface area contributed by atoms with Crippen LogP contribution in [0.15, 0.2) is 4.99 Å². The van der Waals surface area contributed by atoms with Crippen molar-refractivity contribution in [3.05, 3.63) is 0 Å². The molecular weight excluding hydrogens is 238 g/mol. The van der Waals surface area contributed by atoms with Crippen molar-refractivity contribution in [2.75, 3.05) is 32.8 Å². The highest BCUT2D eigenvalue weighted by Gasteiger charge is 2.26. The standard InChI is InChI=1S/C15H25N3O/c1-3-9-17-15(16-4-2)18-10-7-14(8-11-18)19-12-13-5-6-13/h1,13-14H,4-12H2,2H3,(H,16,17). The van der Waals surface area contributed by atoms with Crippen molar-refractivity contribution in [1.29, 1.82) is 0 Å². The van der Waals surface area contributed by atoms with E-state index in [-0.39, 0.29) is 0 Å². The van der Waals surface area contributed by atoms with Crippen LogP contribution in [0.1, 0.15) is 32.6 Å². The van der Waals surface area contributed by atoms with Crippen LogP contribution >= 0.6 is 0 Å². The van der Waals surface area contributed by atoms with Gasteiger partial charge in [-0.05, 0) is 38.5 Å². The molecule has 1 saturated carbocycles. The van der Waals surface area contributed by atoms with Crippen LogP contribution in [0.2, 0.25) is 0 Å². The molecule has 19 heavy (non-hydrogen) atoms. The van der Waals surface area contributed by atoms with Crippen molar-refractivity contribution in [2.45, 2.75) is 38.7 Å². The lowest BCUT2D eigenvalue weighted by Crippen LogP contribution is -2.47. The number of ether oxygens (including phenoxy) is 1. The summed E-state index contributed by atoms with van der Waals surface area (Å²) in [5.74, 6) is 4.36. The summed E-state index contributed by atoms with van der Waals surface area (Å²) in [5, 5.41) is 3.30. The zero-order chi connectivity index (χ0) is 13.5. The van der Waals surface area contributed by atoms with Crippen LogP contribution in [0.5, 0.6) is 0 Å². The maximum atomic E-state index is 5.96. The minimum Gasteiger partial charge on any atom is -0.378 e. The Hall–Kier alpha value is -1.21. The van der Waals surface area contributed by atoms with Crippen LogP contribution in [0.4, 0.5) is 0 Å². The van der Waals surface area contributed by atoms with Crippen molar-refractivity contribution < 1.29 is 4.74 Å². The number of rotatable bonds is 5. The number of hydrogen-bond acceptors (Lipinski definition) is 2. The monoisotopic (exact) mass is 263 g/mol. The quantitative estimate of drug-likeness (QED) is 0.464. The highest BCUT2D eigenvalue weighted by molar-refractivity contribution is 5.80. The first kappa shape index (κ1) is 14.2. The fourth-order valence-corrected chi connectivity index (χ4v) is 2.34. The largest absolute Gasteiger partial charge is 0.378 e. The molecule has 2 fully saturated rings. The number of piperidine rings is 1. The minimum atomic E-state index is 0.437. The van der Waals surface area contributed by atoms with Gasteiger partial charge >= 0.3 is 0 Å². The van der Waals surface area contributed by atoms with E-state index in [9.17, 15) is 0 Å². The first-order chi connectivity index (χ1) is 9.33. The van der Waals surface area contributed by atoms with E-state index in [1.54, 1.807) is 0 Å². The van der Waals surface area contributed by atoms with Crippen LogP contribution in [-0.4, -0.2) is 49.7 Å². The third kappa shape index (κ3) is 4.76. The van der Waals surface area contributed by atoms with Gasteiger partial charge in [0.05, 0.1) is 6.10 Å². The van der Waals surface area contributed by atoms with E-state index < -0.39 is 0 Å². The third-order valence-corrected chi connectivity index (χ3v) is 3.66. The Morgan fingerprint density at radius 3 is 2.68 bits per heavy atom. The minimum absolute atomic E-state index is 0.437. The van der Waals surface area contributed by atoms with Gasteiger partial charge in [0.2, 0.25) is 0 Å². The Kier molecular flexibility index (Phi) is 5.53. The van der Waals surface area contributed by atoms with E-state index in [0.29, 0.717) is 12.6 Å². The van der Waals surface area contributed by atoms with Crippen LogP contribution in [0.3, 0.4) is 0 Å². The maximum absolute atomic E-state index is 5.96. The molecule has 0 spiro atoms. The Balaban J connectivity index is 1.74. The van der Waals surface area contributed by atoms with Gasteiger partial charge in [0.15, 0.2) is 5.96 Å². The molecule has 2 aliphatic rings. The van der Waals surface area contributed by atoms with E-state index in [4.69, 9.17) is 11.2 Å². The number of likely N-dealkylation sites (tertiary alicyclic amines) is 1. The second-order valence-electron chi connectivity index (χ2n) is 5.34. The molecule has 1 aliphatic heterocycles. The number of nitrogens with one attached hydrogen (secondary N) is 1. The molecular formula is C15H25N3O. The van der Waals surface area contributed by atoms with Crippen molar-refractivity contribution in [3.63, 3.8) is 0 Å². The van der Waals surface area contributed by atoms with Crippen LogP contribution < -0.4 is 5.32 Å². The summed E-state index contributed by atoms with van der Waals surface area (Å²) >= 11 is 0. The summed E-state index contributed by atoms with van der Waals surface area (Å²) in [6.07, 6.45) is 10.6. The molecule has 1 saturated heterocycles. The zero-order valence-electron chi connectivity index (χ0n) is 11.9. The van der Waals surface area contributed by atoms with Gasteiger partial charge in [0.1, 0.15) is 6.54 Å². The number of nitrogens with zero attached hydrogens (tertiary/aromatic N) is 2. The van der Waals surface area contributed by atoms with Crippen LogP contribution in [0.25, 0.3) is 0 Å². The maximum Gasteiger partial charge on any atom is 0.194 e. The van der Waals surface area contributed by atoms with Gasteiger partial charge in [-0.2, -0.15) is 0 Å². The smallest absolute Gasteiger partial charge is 0.194 e. The van der Waals surface area contributed by atoms with Gasteiger partial charge in [0.25, 0.3) is 0 Å². The Labute approximate surface area is 116 Å². The number of aliphatic imine (C=N–C) groups is 1. The average Bonchev–Trinajstić information content (AvgIpc) is 3.26. The molecule has 4 nitrogen and oxygen atoms in total. The highest BCUT2D eigenvalue weighted by atomic mass is 16.5. The number of terminal acetylenes is 1. The number of hydrogen-bond donors (Lipinski definition) is 1. The Bertz CT molecular complexity index is 336. The van der Waals surface area contributed by atoms with Crippen LogP contribution in [0, 0.1) is 18.3 Å². The van der Waals surface area contributed by atoms with Crippen molar-refractivity contribution in [1.82, 2.24) is 10.2 Å². The summed E-state index contributed by atoms with van der Waals surface area (Å²) in [7, 11) is 0. The molecule has 0 amide bonds. The molecule has 2 rings (SSSR count). The van der Waals surface area contributed by atoms with E-state index in [0.717, 1.165) is 51.0 Å².